The third kappa shape index (κ3) is 4.35. The van der Waals surface area contributed by atoms with Crippen LogP contribution in [0.5, 0.6) is 0 Å². The van der Waals surface area contributed by atoms with Crippen LogP contribution in [0.25, 0.3) is 0 Å². The Hall–Kier alpha value is -1.88. The van der Waals surface area contributed by atoms with Crippen LogP contribution < -0.4 is 10.6 Å². The van der Waals surface area contributed by atoms with E-state index in [-0.39, 0.29) is 17.9 Å². The van der Waals surface area contributed by atoms with Crippen molar-refractivity contribution in [3.05, 3.63) is 58.0 Å². The molecule has 3 nitrogen and oxygen atoms in total. The van der Waals surface area contributed by atoms with Crippen molar-refractivity contribution < 1.29 is 9.18 Å². The van der Waals surface area contributed by atoms with Crippen LogP contribution in [-0.2, 0) is 6.42 Å². The highest BCUT2D eigenvalue weighted by molar-refractivity contribution is 7.09. The molecule has 0 radical (unpaired) electrons. The zero-order valence-corrected chi connectivity index (χ0v) is 12.0. The quantitative estimate of drug-likeness (QED) is 0.870. The number of hydrogen-bond donors (Lipinski definition) is 2. The van der Waals surface area contributed by atoms with Crippen molar-refractivity contribution in [2.45, 2.75) is 19.4 Å². The molecule has 1 atom stereocenters. The van der Waals surface area contributed by atoms with Crippen LogP contribution in [0.3, 0.4) is 0 Å². The lowest BCUT2D eigenvalue weighted by Crippen LogP contribution is -2.37. The molecular formula is C15H17FN2OS. The molecule has 2 amide bonds. The number of hydrogen-bond acceptors (Lipinski definition) is 2. The van der Waals surface area contributed by atoms with Crippen molar-refractivity contribution in [1.29, 1.82) is 0 Å². The highest BCUT2D eigenvalue weighted by Gasteiger charge is 2.08. The molecule has 5 heteroatoms. The van der Waals surface area contributed by atoms with E-state index in [0.29, 0.717) is 6.54 Å². The van der Waals surface area contributed by atoms with Gasteiger partial charge in [-0.1, -0.05) is 18.2 Å². The number of rotatable bonds is 5. The molecule has 0 bridgehead atoms. The number of amides is 2. The van der Waals surface area contributed by atoms with Gasteiger partial charge >= 0.3 is 6.03 Å². The first-order valence-electron chi connectivity index (χ1n) is 6.47. The van der Waals surface area contributed by atoms with E-state index in [1.807, 2.05) is 24.4 Å². The van der Waals surface area contributed by atoms with Crippen LogP contribution in [-0.4, -0.2) is 12.6 Å². The second-order valence-corrected chi connectivity index (χ2v) is 5.54. The lowest BCUT2D eigenvalue weighted by molar-refractivity contribution is 0.238. The normalized spacial score (nSPS) is 11.9. The van der Waals surface area contributed by atoms with Crippen molar-refractivity contribution in [3.63, 3.8) is 0 Å². The standard InChI is InChI=1S/C15H17FN2OS/c1-11(12-4-6-13(16)7-5-12)18-15(19)17-9-8-14-3-2-10-20-14/h2-7,10-11H,8-9H2,1H3,(H2,17,18,19). The Balaban J connectivity index is 1.74. The molecule has 1 heterocycles. The van der Waals surface area contributed by atoms with E-state index in [4.69, 9.17) is 0 Å². The summed E-state index contributed by atoms with van der Waals surface area (Å²) < 4.78 is 12.8. The summed E-state index contributed by atoms with van der Waals surface area (Å²) in [5.41, 5.74) is 0.875. The van der Waals surface area contributed by atoms with Gasteiger partial charge in [0.15, 0.2) is 0 Å². The first-order chi connectivity index (χ1) is 9.65. The van der Waals surface area contributed by atoms with Crippen LogP contribution in [0.2, 0.25) is 0 Å². The molecule has 0 saturated heterocycles. The van der Waals surface area contributed by atoms with Crippen molar-refractivity contribution in [1.82, 2.24) is 10.6 Å². The minimum Gasteiger partial charge on any atom is -0.338 e. The number of carbonyl (C=O) groups is 1. The molecule has 1 unspecified atom stereocenters. The largest absolute Gasteiger partial charge is 0.338 e. The Morgan fingerprint density at radius 1 is 1.30 bits per heavy atom. The average Bonchev–Trinajstić information content (AvgIpc) is 2.92. The van der Waals surface area contributed by atoms with E-state index in [1.54, 1.807) is 23.5 Å². The smallest absolute Gasteiger partial charge is 0.315 e. The van der Waals surface area contributed by atoms with E-state index in [2.05, 4.69) is 10.6 Å². The summed E-state index contributed by atoms with van der Waals surface area (Å²) in [7, 11) is 0. The Morgan fingerprint density at radius 2 is 2.05 bits per heavy atom. The molecule has 2 N–H and O–H groups in total. The summed E-state index contributed by atoms with van der Waals surface area (Å²) >= 11 is 1.68. The van der Waals surface area contributed by atoms with Gasteiger partial charge in [0.25, 0.3) is 0 Å². The molecule has 2 rings (SSSR count). The number of urea groups is 1. The SMILES string of the molecule is CC(NC(=O)NCCc1cccs1)c1ccc(F)cc1. The van der Waals surface area contributed by atoms with Crippen LogP contribution in [0.15, 0.2) is 41.8 Å². The first-order valence-corrected chi connectivity index (χ1v) is 7.35. The van der Waals surface area contributed by atoms with Crippen LogP contribution in [0.4, 0.5) is 9.18 Å². The van der Waals surface area contributed by atoms with Gasteiger partial charge in [0.05, 0.1) is 6.04 Å². The van der Waals surface area contributed by atoms with Gasteiger partial charge in [-0.2, -0.15) is 0 Å². The molecule has 0 spiro atoms. The maximum Gasteiger partial charge on any atom is 0.315 e. The molecular weight excluding hydrogens is 275 g/mol. The molecule has 1 aromatic heterocycles. The fourth-order valence-electron chi connectivity index (χ4n) is 1.84. The minimum absolute atomic E-state index is 0.155. The lowest BCUT2D eigenvalue weighted by Gasteiger charge is -2.15. The molecule has 1 aromatic carbocycles. The molecule has 0 aliphatic carbocycles. The second-order valence-electron chi connectivity index (χ2n) is 4.50. The Labute approximate surface area is 121 Å². The molecule has 0 aliphatic heterocycles. The fraction of sp³-hybridized carbons (Fsp3) is 0.267. The summed E-state index contributed by atoms with van der Waals surface area (Å²) in [5.74, 6) is -0.277. The summed E-state index contributed by atoms with van der Waals surface area (Å²) in [6.45, 7) is 2.47. The number of thiophene rings is 1. The van der Waals surface area contributed by atoms with Gasteiger partial charge in [-0.05, 0) is 42.5 Å². The molecule has 0 fully saturated rings. The second kappa shape index (κ2) is 7.05. The summed E-state index contributed by atoms with van der Waals surface area (Å²) in [6, 6.07) is 9.81. The van der Waals surface area contributed by atoms with E-state index in [0.717, 1.165) is 12.0 Å². The van der Waals surface area contributed by atoms with E-state index in [9.17, 15) is 9.18 Å². The van der Waals surface area contributed by atoms with Gasteiger partial charge in [0.2, 0.25) is 0 Å². The van der Waals surface area contributed by atoms with Crippen molar-refractivity contribution >= 4 is 17.4 Å². The third-order valence-electron chi connectivity index (χ3n) is 2.95. The third-order valence-corrected chi connectivity index (χ3v) is 3.89. The maximum atomic E-state index is 12.8. The zero-order chi connectivity index (χ0) is 14.4. The van der Waals surface area contributed by atoms with E-state index < -0.39 is 0 Å². The van der Waals surface area contributed by atoms with Gasteiger partial charge in [-0.25, -0.2) is 9.18 Å². The minimum atomic E-state index is -0.277. The van der Waals surface area contributed by atoms with Crippen LogP contribution in [0.1, 0.15) is 23.4 Å². The monoisotopic (exact) mass is 292 g/mol. The number of benzene rings is 1. The van der Waals surface area contributed by atoms with Crippen molar-refractivity contribution in [2.24, 2.45) is 0 Å². The first kappa shape index (κ1) is 14.5. The van der Waals surface area contributed by atoms with Crippen LogP contribution >= 0.6 is 11.3 Å². The fourth-order valence-corrected chi connectivity index (χ4v) is 2.55. The van der Waals surface area contributed by atoms with Crippen molar-refractivity contribution in [3.8, 4) is 0 Å². The predicted octanol–water partition coefficient (Wildman–Crippen LogP) is 3.49. The molecule has 0 aliphatic rings. The Bertz CT molecular complexity index is 540. The van der Waals surface area contributed by atoms with Crippen molar-refractivity contribution in [2.75, 3.05) is 6.54 Å². The highest BCUT2D eigenvalue weighted by atomic mass is 32.1. The van der Waals surface area contributed by atoms with Crippen LogP contribution in [0, 0.1) is 5.82 Å². The van der Waals surface area contributed by atoms with Gasteiger partial charge in [0, 0.05) is 11.4 Å². The lowest BCUT2D eigenvalue weighted by atomic mass is 10.1. The summed E-state index contributed by atoms with van der Waals surface area (Å²) in [6.07, 6.45) is 0.829. The summed E-state index contributed by atoms with van der Waals surface area (Å²) in [4.78, 5) is 13.0. The number of carbonyl (C=O) groups excluding carboxylic acids is 1. The number of halogens is 1. The molecule has 2 aromatic rings. The van der Waals surface area contributed by atoms with Gasteiger partial charge < -0.3 is 10.6 Å². The van der Waals surface area contributed by atoms with E-state index >= 15 is 0 Å². The summed E-state index contributed by atoms with van der Waals surface area (Å²) in [5, 5.41) is 7.66. The predicted molar refractivity (Wildman–Crippen MR) is 79.4 cm³/mol. The molecule has 20 heavy (non-hydrogen) atoms. The Morgan fingerprint density at radius 3 is 2.70 bits per heavy atom. The van der Waals surface area contributed by atoms with E-state index in [1.165, 1.54) is 17.0 Å². The zero-order valence-electron chi connectivity index (χ0n) is 11.2. The maximum absolute atomic E-state index is 12.8. The van der Waals surface area contributed by atoms with Gasteiger partial charge in [0.1, 0.15) is 5.82 Å². The van der Waals surface area contributed by atoms with Gasteiger partial charge in [-0.3, -0.25) is 0 Å². The number of nitrogens with one attached hydrogen (secondary N) is 2. The average molecular weight is 292 g/mol. The van der Waals surface area contributed by atoms with Gasteiger partial charge in [-0.15, -0.1) is 11.3 Å². The molecule has 106 valence electrons. The Kier molecular flexibility index (Phi) is 5.12. The molecule has 0 saturated carbocycles. The highest BCUT2D eigenvalue weighted by Crippen LogP contribution is 2.12. The topological polar surface area (TPSA) is 41.1 Å².